The molecule has 4 N–H and O–H groups in total. The summed E-state index contributed by atoms with van der Waals surface area (Å²) in [6, 6.07) is 0. The third kappa shape index (κ3) is 1.98. The molecule has 13 heavy (non-hydrogen) atoms. The zero-order valence-electron chi connectivity index (χ0n) is 7.20. The van der Waals surface area contributed by atoms with Gasteiger partial charge < -0.3 is 29.9 Å². The molecule has 1 aliphatic rings. The number of methoxy groups -OCH3 is 1. The van der Waals surface area contributed by atoms with Crippen molar-refractivity contribution in [3.05, 3.63) is 0 Å². The summed E-state index contributed by atoms with van der Waals surface area (Å²) >= 11 is 0. The van der Waals surface area contributed by atoms with Crippen LogP contribution in [-0.4, -0.2) is 64.8 Å². The highest BCUT2D eigenvalue weighted by molar-refractivity contribution is 4.88. The predicted octanol–water partition coefficient (Wildman–Crippen LogP) is -2.57. The molecule has 0 aromatic rings. The summed E-state index contributed by atoms with van der Waals surface area (Å²) in [6.07, 6.45) is -5.91. The van der Waals surface area contributed by atoms with Crippen LogP contribution in [0.25, 0.3) is 0 Å². The second-order valence-corrected chi connectivity index (χ2v) is 2.93. The van der Waals surface area contributed by atoms with Crippen molar-refractivity contribution in [2.75, 3.05) is 13.7 Å². The Labute approximate surface area is 75.3 Å². The van der Waals surface area contributed by atoms with Gasteiger partial charge in [-0.2, -0.15) is 0 Å². The number of rotatable bonds is 2. The molecule has 1 heterocycles. The maximum absolute atomic E-state index is 9.28. The lowest BCUT2D eigenvalue weighted by Gasteiger charge is -2.38. The summed E-state index contributed by atoms with van der Waals surface area (Å²) in [4.78, 5) is 0. The molecule has 0 spiro atoms. The largest absolute Gasteiger partial charge is 0.394 e. The van der Waals surface area contributed by atoms with Crippen molar-refractivity contribution in [2.45, 2.75) is 30.7 Å². The van der Waals surface area contributed by atoms with Crippen LogP contribution < -0.4 is 0 Å². The second-order valence-electron chi connectivity index (χ2n) is 2.93. The Hall–Kier alpha value is -0.240. The van der Waals surface area contributed by atoms with E-state index in [0.29, 0.717) is 0 Å². The molecule has 1 rings (SSSR count). The van der Waals surface area contributed by atoms with Gasteiger partial charge in [-0.25, -0.2) is 0 Å². The van der Waals surface area contributed by atoms with Gasteiger partial charge >= 0.3 is 0 Å². The molecular weight excluding hydrogens is 182 g/mol. The van der Waals surface area contributed by atoms with Gasteiger partial charge in [0.15, 0.2) is 6.29 Å². The van der Waals surface area contributed by atoms with Crippen molar-refractivity contribution in [2.24, 2.45) is 0 Å². The first-order valence-corrected chi connectivity index (χ1v) is 3.95. The molecule has 0 aromatic heterocycles. The van der Waals surface area contributed by atoms with Gasteiger partial charge in [-0.15, -0.1) is 0 Å². The second kappa shape index (κ2) is 4.32. The van der Waals surface area contributed by atoms with Crippen LogP contribution in [0.4, 0.5) is 0 Å². The minimum absolute atomic E-state index is 0.440. The van der Waals surface area contributed by atoms with E-state index in [2.05, 4.69) is 0 Å². The van der Waals surface area contributed by atoms with E-state index in [9.17, 15) is 15.3 Å². The molecular formula is C7H14O6. The molecule has 6 nitrogen and oxygen atoms in total. The van der Waals surface area contributed by atoms with Crippen molar-refractivity contribution in [3.8, 4) is 0 Å². The Morgan fingerprint density at radius 2 is 2.00 bits per heavy atom. The lowest BCUT2D eigenvalue weighted by Crippen LogP contribution is -2.58. The molecule has 5 atom stereocenters. The first-order valence-electron chi connectivity index (χ1n) is 3.95. The van der Waals surface area contributed by atoms with Crippen LogP contribution in [0, 0.1) is 0 Å². The highest BCUT2D eigenvalue weighted by atomic mass is 16.7. The molecule has 1 fully saturated rings. The van der Waals surface area contributed by atoms with Crippen molar-refractivity contribution in [1.29, 1.82) is 0 Å². The zero-order chi connectivity index (χ0) is 10.0. The Bertz CT molecular complexity index is 143. The number of aliphatic hydroxyl groups is 4. The van der Waals surface area contributed by atoms with Crippen LogP contribution >= 0.6 is 0 Å². The molecule has 1 aliphatic heterocycles. The predicted molar refractivity (Wildman–Crippen MR) is 40.8 cm³/mol. The molecule has 0 bridgehead atoms. The summed E-state index contributed by atoms with van der Waals surface area (Å²) < 4.78 is 9.65. The first kappa shape index (κ1) is 10.8. The van der Waals surface area contributed by atoms with E-state index in [0.717, 1.165) is 0 Å². The Balaban J connectivity index is 2.66. The van der Waals surface area contributed by atoms with Gasteiger partial charge in [0.1, 0.15) is 24.4 Å². The van der Waals surface area contributed by atoms with Crippen LogP contribution in [0.15, 0.2) is 0 Å². The quantitative estimate of drug-likeness (QED) is 0.387. The van der Waals surface area contributed by atoms with Gasteiger partial charge in [0, 0.05) is 7.11 Å². The standard InChI is InChI=1S/C7H14O6/c1-12-7-6(11)5(10)4(9)3(2-8)13-7/h3-11H,2H2,1H3/t3-,4-,5+,6-,7+/m1/s1/i5+2. The van der Waals surface area contributed by atoms with Crippen molar-refractivity contribution >= 4 is 0 Å². The third-order valence-corrected chi connectivity index (χ3v) is 2.08. The van der Waals surface area contributed by atoms with Crippen LogP contribution in [0.1, 0.15) is 0 Å². The lowest BCUT2D eigenvalue weighted by atomic mass is 10.2. The van der Waals surface area contributed by atoms with Gasteiger partial charge in [-0.3, -0.25) is 0 Å². The van der Waals surface area contributed by atoms with Crippen molar-refractivity contribution in [1.82, 2.24) is 0 Å². The van der Waals surface area contributed by atoms with E-state index in [1.165, 1.54) is 7.11 Å². The summed E-state index contributed by atoms with van der Waals surface area (Å²) in [7, 11) is 1.30. The van der Waals surface area contributed by atoms with E-state index in [4.69, 9.17) is 14.6 Å². The SMILES string of the molecule is CO[C@H]1O[C@H](CO)[C@@H](O)[14C@H](O)[C@H]1O. The fourth-order valence-corrected chi connectivity index (χ4v) is 1.26. The normalized spacial score (nSPS) is 46.4. The average Bonchev–Trinajstić information content (AvgIpc) is 2.15. The lowest BCUT2D eigenvalue weighted by molar-refractivity contribution is -0.294. The van der Waals surface area contributed by atoms with Gasteiger partial charge in [0.05, 0.1) is 6.61 Å². The topological polar surface area (TPSA) is 99.4 Å². The van der Waals surface area contributed by atoms with E-state index >= 15 is 0 Å². The Morgan fingerprint density at radius 1 is 1.38 bits per heavy atom. The smallest absolute Gasteiger partial charge is 0.186 e. The van der Waals surface area contributed by atoms with Crippen LogP contribution in [0.5, 0.6) is 0 Å². The molecule has 0 unspecified atom stereocenters. The molecule has 0 radical (unpaired) electrons. The molecule has 0 amide bonds. The molecule has 0 aliphatic carbocycles. The van der Waals surface area contributed by atoms with Gasteiger partial charge in [0.25, 0.3) is 0 Å². The molecule has 78 valence electrons. The summed E-state index contributed by atoms with van der Waals surface area (Å²) in [5.74, 6) is 0. The number of aliphatic hydroxyl groups excluding tert-OH is 4. The summed E-state index contributed by atoms with van der Waals surface area (Å²) in [5.41, 5.74) is 0. The van der Waals surface area contributed by atoms with E-state index < -0.39 is 37.3 Å². The van der Waals surface area contributed by atoms with Crippen molar-refractivity contribution in [3.63, 3.8) is 0 Å². The van der Waals surface area contributed by atoms with E-state index in [1.54, 1.807) is 0 Å². The number of hydrogen-bond donors (Lipinski definition) is 4. The minimum Gasteiger partial charge on any atom is -0.394 e. The van der Waals surface area contributed by atoms with Gasteiger partial charge in [-0.1, -0.05) is 0 Å². The van der Waals surface area contributed by atoms with Crippen molar-refractivity contribution < 1.29 is 29.9 Å². The van der Waals surface area contributed by atoms with E-state index in [-0.39, 0.29) is 0 Å². The highest BCUT2D eigenvalue weighted by Crippen LogP contribution is 2.20. The Kier molecular flexibility index (Phi) is 3.60. The third-order valence-electron chi connectivity index (χ3n) is 2.08. The van der Waals surface area contributed by atoms with E-state index in [1.807, 2.05) is 0 Å². The summed E-state index contributed by atoms with van der Waals surface area (Å²) in [5, 5.41) is 36.6. The Morgan fingerprint density at radius 3 is 2.46 bits per heavy atom. The fourth-order valence-electron chi connectivity index (χ4n) is 1.26. The zero-order valence-corrected chi connectivity index (χ0v) is 7.20. The molecule has 1 saturated heterocycles. The highest BCUT2D eigenvalue weighted by Gasteiger charge is 2.43. The van der Waals surface area contributed by atoms with Gasteiger partial charge in [-0.05, 0) is 0 Å². The van der Waals surface area contributed by atoms with Crippen LogP contribution in [0.3, 0.4) is 0 Å². The first-order chi connectivity index (χ1) is 6.11. The minimum atomic E-state index is -1.36. The average molecular weight is 196 g/mol. The monoisotopic (exact) mass is 196 g/mol. The number of hydrogen-bond acceptors (Lipinski definition) is 6. The van der Waals surface area contributed by atoms with Crippen LogP contribution in [-0.2, 0) is 9.47 Å². The molecule has 0 aromatic carbocycles. The fraction of sp³-hybridized carbons (Fsp3) is 1.00. The maximum atomic E-state index is 9.28. The summed E-state index contributed by atoms with van der Waals surface area (Å²) in [6.45, 7) is -0.440. The van der Waals surface area contributed by atoms with Crippen LogP contribution in [0.2, 0.25) is 0 Å². The molecule has 6 heteroatoms. The molecule has 0 saturated carbocycles. The maximum Gasteiger partial charge on any atom is 0.186 e. The van der Waals surface area contributed by atoms with Gasteiger partial charge in [0.2, 0.25) is 0 Å². The number of ether oxygens (including phenoxy) is 2.